The summed E-state index contributed by atoms with van der Waals surface area (Å²) in [7, 11) is 4.98. The number of allylic oxidation sites excluding steroid dienone is 2. The highest BCUT2D eigenvalue weighted by atomic mass is 31.0. The first-order valence-electron chi connectivity index (χ1n) is 5.54. The summed E-state index contributed by atoms with van der Waals surface area (Å²) in [5.41, 5.74) is 1.73. The molecule has 94 valence electrons. The molecule has 0 saturated carbocycles. The topological polar surface area (TPSA) is 50.2 Å². The molecule has 0 saturated heterocycles. The number of carbonyl (C=O) groups is 1. The number of nitrogens with one attached hydrogen (secondary N) is 1. The Bertz CT molecular complexity index is 507. The maximum atomic E-state index is 11.9. The molecule has 0 spiro atoms. The summed E-state index contributed by atoms with van der Waals surface area (Å²) in [5.74, 6) is 0.629. The number of ketones is 1. The molecule has 1 rings (SSSR count). The third kappa shape index (κ3) is 3.38. The van der Waals surface area contributed by atoms with Crippen molar-refractivity contribution < 1.29 is 9.53 Å². The summed E-state index contributed by atoms with van der Waals surface area (Å²) in [6.07, 6.45) is 4.83. The average Bonchev–Trinajstić information content (AvgIpc) is 2.38. The molecule has 1 aromatic carbocycles. The first kappa shape index (κ1) is 14.3. The normalized spacial score (nSPS) is 10.3. The van der Waals surface area contributed by atoms with Crippen LogP contribution in [-0.4, -0.2) is 24.4 Å². The molecule has 1 N–H and O–H groups in total. The van der Waals surface area contributed by atoms with Crippen LogP contribution in [-0.2, 0) is 4.79 Å². The molecular weight excluding hydrogens is 245 g/mol. The van der Waals surface area contributed by atoms with E-state index in [9.17, 15) is 4.79 Å². The fraction of sp³-hybridized carbons (Fsp3) is 0.214. The molecule has 0 aliphatic rings. The smallest absolute Gasteiger partial charge is 0.190 e. The van der Waals surface area contributed by atoms with Gasteiger partial charge < -0.3 is 10.1 Å². The lowest BCUT2D eigenvalue weighted by atomic mass is 10.0. The second-order valence-corrected chi connectivity index (χ2v) is 4.21. The highest BCUT2D eigenvalue weighted by Gasteiger charge is 2.12. The van der Waals surface area contributed by atoms with Crippen LogP contribution in [0.4, 0.5) is 0 Å². The highest BCUT2D eigenvalue weighted by Crippen LogP contribution is 2.22. The lowest BCUT2D eigenvalue weighted by Crippen LogP contribution is -2.11. The van der Waals surface area contributed by atoms with Crippen molar-refractivity contribution in [2.24, 2.45) is 0 Å². The molecule has 3 nitrogen and oxygen atoms in total. The Balaban J connectivity index is 2.97. The largest absolute Gasteiger partial charge is 0.496 e. The summed E-state index contributed by atoms with van der Waals surface area (Å²) in [4.78, 5) is 11.9. The monoisotopic (exact) mass is 261 g/mol. The molecule has 0 radical (unpaired) electrons. The van der Waals surface area contributed by atoms with Crippen molar-refractivity contribution in [3.05, 3.63) is 41.5 Å². The van der Waals surface area contributed by atoms with E-state index in [-0.39, 0.29) is 5.78 Å². The van der Waals surface area contributed by atoms with Gasteiger partial charge >= 0.3 is 0 Å². The number of rotatable bonds is 6. The first-order valence-corrected chi connectivity index (χ1v) is 6.04. The Kier molecular flexibility index (Phi) is 5.47. The summed E-state index contributed by atoms with van der Waals surface area (Å²) in [6.45, 7) is 1.91. The van der Waals surface area contributed by atoms with E-state index in [0.717, 1.165) is 16.9 Å². The Morgan fingerprint density at radius 2 is 2.22 bits per heavy atom. The van der Waals surface area contributed by atoms with Crippen LogP contribution < -0.4 is 4.74 Å². The van der Waals surface area contributed by atoms with E-state index in [1.54, 1.807) is 13.2 Å². The minimum absolute atomic E-state index is 0.120. The third-order valence-electron chi connectivity index (χ3n) is 2.54. The van der Waals surface area contributed by atoms with E-state index in [4.69, 9.17) is 10.1 Å². The molecule has 0 amide bonds. The van der Waals surface area contributed by atoms with E-state index in [0.29, 0.717) is 11.7 Å². The Hall–Kier alpha value is -1.73. The lowest BCUT2D eigenvalue weighted by molar-refractivity contribution is -0.108. The number of hydrogen-bond acceptors (Lipinski definition) is 3. The van der Waals surface area contributed by atoms with E-state index in [1.165, 1.54) is 12.3 Å². The van der Waals surface area contributed by atoms with Crippen molar-refractivity contribution in [1.82, 2.24) is 0 Å². The van der Waals surface area contributed by atoms with Crippen LogP contribution in [0.1, 0.15) is 17.5 Å². The maximum absolute atomic E-state index is 11.9. The number of methoxy groups -OCH3 is 1. The third-order valence-corrected chi connectivity index (χ3v) is 3.06. The van der Waals surface area contributed by atoms with Crippen LogP contribution in [0.5, 0.6) is 5.75 Å². The molecule has 0 unspecified atom stereocenters. The van der Waals surface area contributed by atoms with Crippen LogP contribution in [0.25, 0.3) is 0 Å². The lowest BCUT2D eigenvalue weighted by Gasteiger charge is -2.10. The minimum atomic E-state index is -0.120. The fourth-order valence-electron chi connectivity index (χ4n) is 1.57. The van der Waals surface area contributed by atoms with Crippen LogP contribution in [0, 0.1) is 12.3 Å². The number of carbonyl (C=O) groups excluding carboxylic acids is 1. The van der Waals surface area contributed by atoms with Gasteiger partial charge in [-0.15, -0.1) is 8.86 Å². The van der Waals surface area contributed by atoms with E-state index < -0.39 is 0 Å². The van der Waals surface area contributed by atoms with E-state index in [2.05, 4.69) is 8.86 Å². The van der Waals surface area contributed by atoms with Crippen LogP contribution >= 0.6 is 8.86 Å². The molecule has 1 aromatic rings. The van der Waals surface area contributed by atoms with Gasteiger partial charge in [-0.1, -0.05) is 18.2 Å². The van der Waals surface area contributed by atoms with Crippen molar-refractivity contribution in [2.75, 3.05) is 7.11 Å². The summed E-state index contributed by atoms with van der Waals surface area (Å²) < 4.78 is 5.22. The average molecular weight is 261 g/mol. The molecule has 0 bridgehead atoms. The van der Waals surface area contributed by atoms with Gasteiger partial charge in [0.15, 0.2) is 5.78 Å². The standard InChI is InChI=1S/C14H16NO2P/c1-10-11(6-5-8-13(10)17-2)14(18)12(16)7-3-4-9-15/h3,5-9,15,18H,4H2,1-2H3/b7-3+,15-9?. The zero-order valence-electron chi connectivity index (χ0n) is 10.5. The molecule has 0 atom stereocenters. The predicted octanol–water partition coefficient (Wildman–Crippen LogP) is 2.83. The molecule has 4 heteroatoms. The van der Waals surface area contributed by atoms with Gasteiger partial charge in [0, 0.05) is 11.7 Å². The molecular formula is C14H16NO2P. The van der Waals surface area contributed by atoms with E-state index in [1.807, 2.05) is 25.1 Å². The first-order chi connectivity index (χ1) is 8.61. The van der Waals surface area contributed by atoms with Gasteiger partial charge in [0.25, 0.3) is 0 Å². The molecule has 18 heavy (non-hydrogen) atoms. The Morgan fingerprint density at radius 3 is 2.83 bits per heavy atom. The van der Waals surface area contributed by atoms with Gasteiger partial charge in [0.2, 0.25) is 0 Å². The zero-order valence-corrected chi connectivity index (χ0v) is 11.5. The SMILES string of the molecule is COc1cccc(C(=P)C(=O)/C=C/CC=N)c1C. The highest BCUT2D eigenvalue weighted by molar-refractivity contribution is 7.27. The minimum Gasteiger partial charge on any atom is -0.496 e. The summed E-state index contributed by atoms with van der Waals surface area (Å²) >= 11 is 0. The quantitative estimate of drug-likeness (QED) is 0.486. The van der Waals surface area contributed by atoms with Crippen LogP contribution in [0.2, 0.25) is 0 Å². The van der Waals surface area contributed by atoms with Crippen molar-refractivity contribution in [3.63, 3.8) is 0 Å². The van der Waals surface area contributed by atoms with Gasteiger partial charge in [0.1, 0.15) is 5.75 Å². The molecule has 0 fully saturated rings. The van der Waals surface area contributed by atoms with Gasteiger partial charge in [-0.25, -0.2) is 0 Å². The van der Waals surface area contributed by atoms with Gasteiger partial charge in [-0.05, 0) is 36.4 Å². The van der Waals surface area contributed by atoms with Crippen molar-refractivity contribution in [2.45, 2.75) is 13.3 Å². The molecule has 0 aromatic heterocycles. The number of benzene rings is 1. The van der Waals surface area contributed by atoms with Gasteiger partial charge in [-0.2, -0.15) is 0 Å². The summed E-state index contributed by atoms with van der Waals surface area (Å²) in [5, 5.41) is 7.38. The number of ether oxygens (including phenoxy) is 1. The van der Waals surface area contributed by atoms with Gasteiger partial charge in [-0.3, -0.25) is 4.79 Å². The summed E-state index contributed by atoms with van der Waals surface area (Å²) in [6, 6.07) is 5.56. The number of hydrogen-bond donors (Lipinski definition) is 1. The molecule has 0 heterocycles. The maximum Gasteiger partial charge on any atom is 0.190 e. The van der Waals surface area contributed by atoms with Crippen LogP contribution in [0.15, 0.2) is 30.4 Å². The predicted molar refractivity (Wildman–Crippen MR) is 77.7 cm³/mol. The Labute approximate surface area is 109 Å². The van der Waals surface area contributed by atoms with Crippen molar-refractivity contribution in [3.8, 4) is 5.75 Å². The second kappa shape index (κ2) is 6.87. The second-order valence-electron chi connectivity index (χ2n) is 3.71. The van der Waals surface area contributed by atoms with E-state index >= 15 is 0 Å². The molecule has 0 aliphatic heterocycles. The Morgan fingerprint density at radius 1 is 1.50 bits per heavy atom. The molecule has 0 aliphatic carbocycles. The van der Waals surface area contributed by atoms with Gasteiger partial charge in [0.05, 0.1) is 7.11 Å². The van der Waals surface area contributed by atoms with Crippen molar-refractivity contribution >= 4 is 26.2 Å². The fourth-order valence-corrected chi connectivity index (χ4v) is 1.92. The zero-order chi connectivity index (χ0) is 13.5. The van der Waals surface area contributed by atoms with Crippen molar-refractivity contribution in [1.29, 1.82) is 5.41 Å². The van der Waals surface area contributed by atoms with Crippen LogP contribution in [0.3, 0.4) is 0 Å².